The number of methoxy groups -OCH3 is 1. The summed E-state index contributed by atoms with van der Waals surface area (Å²) in [5, 5.41) is 13.0. The quantitative estimate of drug-likeness (QED) is 0.610. The predicted octanol–water partition coefficient (Wildman–Crippen LogP) is 3.56. The van der Waals surface area contributed by atoms with Gasteiger partial charge in [0.1, 0.15) is 5.69 Å². The largest absolute Gasteiger partial charge is 0.513 e. The van der Waals surface area contributed by atoms with Crippen molar-refractivity contribution in [3.63, 3.8) is 0 Å². The van der Waals surface area contributed by atoms with Gasteiger partial charge in [-0.3, -0.25) is 9.59 Å². The summed E-state index contributed by atoms with van der Waals surface area (Å²) in [6, 6.07) is 10.2. The fourth-order valence-corrected chi connectivity index (χ4v) is 1.89. The number of anilines is 2. The molecule has 0 radical (unpaired) electrons. The Labute approximate surface area is 154 Å². The maximum Gasteiger partial charge on any atom is 0.513 e. The van der Waals surface area contributed by atoms with Crippen molar-refractivity contribution < 1.29 is 23.9 Å². The van der Waals surface area contributed by atoms with Crippen molar-refractivity contribution in [2.45, 2.75) is 13.8 Å². The molecular weight excluding hydrogens is 354 g/mol. The maximum absolute atomic E-state index is 11.5. The van der Waals surface area contributed by atoms with E-state index >= 15 is 0 Å². The highest BCUT2D eigenvalue weighted by Gasteiger charge is 2.18. The van der Waals surface area contributed by atoms with Crippen LogP contribution in [0.25, 0.3) is 0 Å². The standard InChI is InChI=1S/C17H17N5O5/c1-10(23)18-15-13(22-21-12-7-5-4-6-8-12)9-14(27-17(25)26-3)16(20-15)19-11(2)24/h4-9H,1-3H3,(H2,18,19,20,23,24)/b22-21+. The number of carbonyl (C=O) groups excluding carboxylic acids is 3. The van der Waals surface area contributed by atoms with Crippen LogP contribution in [0.2, 0.25) is 0 Å². The van der Waals surface area contributed by atoms with Crippen molar-refractivity contribution in [2.24, 2.45) is 10.2 Å². The minimum atomic E-state index is -1.01. The van der Waals surface area contributed by atoms with Crippen molar-refractivity contribution in [1.29, 1.82) is 0 Å². The predicted molar refractivity (Wildman–Crippen MR) is 96.5 cm³/mol. The molecular formula is C17H17N5O5. The SMILES string of the molecule is COC(=O)Oc1cc(/N=N/c2ccccc2)c(NC(C)=O)nc1NC(C)=O. The molecule has 1 aromatic heterocycles. The Morgan fingerprint density at radius 2 is 1.59 bits per heavy atom. The van der Waals surface area contributed by atoms with Gasteiger partial charge in [0.2, 0.25) is 11.8 Å². The second-order valence-corrected chi connectivity index (χ2v) is 5.16. The molecule has 0 aliphatic carbocycles. The van der Waals surface area contributed by atoms with E-state index in [1.807, 2.05) is 6.07 Å². The average molecular weight is 371 g/mol. The first-order chi connectivity index (χ1) is 12.9. The molecule has 2 amide bonds. The maximum atomic E-state index is 11.5. The van der Waals surface area contributed by atoms with Crippen molar-refractivity contribution in [1.82, 2.24) is 4.98 Å². The van der Waals surface area contributed by atoms with Crippen LogP contribution in [-0.2, 0) is 14.3 Å². The van der Waals surface area contributed by atoms with Gasteiger partial charge in [-0.05, 0) is 12.1 Å². The van der Waals surface area contributed by atoms with Crippen LogP contribution in [0.15, 0.2) is 46.6 Å². The van der Waals surface area contributed by atoms with Gasteiger partial charge in [-0.2, -0.15) is 5.11 Å². The Bertz CT molecular complexity index is 883. The first-order valence-corrected chi connectivity index (χ1v) is 7.72. The molecule has 0 atom stereocenters. The fraction of sp³-hybridized carbons (Fsp3) is 0.176. The summed E-state index contributed by atoms with van der Waals surface area (Å²) in [6.07, 6.45) is -1.01. The number of pyridine rings is 1. The summed E-state index contributed by atoms with van der Waals surface area (Å²) in [7, 11) is 1.13. The third-order valence-corrected chi connectivity index (χ3v) is 2.95. The minimum absolute atomic E-state index is 0.0307. The van der Waals surface area contributed by atoms with E-state index in [-0.39, 0.29) is 23.1 Å². The second kappa shape index (κ2) is 9.04. The van der Waals surface area contributed by atoms with Crippen LogP contribution in [0, 0.1) is 0 Å². The summed E-state index contributed by atoms with van der Waals surface area (Å²) >= 11 is 0. The van der Waals surface area contributed by atoms with E-state index in [1.165, 1.54) is 19.9 Å². The van der Waals surface area contributed by atoms with Crippen molar-refractivity contribution in [3.8, 4) is 5.75 Å². The molecule has 0 aliphatic heterocycles. The third-order valence-electron chi connectivity index (χ3n) is 2.95. The molecule has 2 N–H and O–H groups in total. The lowest BCUT2D eigenvalue weighted by atomic mass is 10.3. The molecule has 0 saturated heterocycles. The monoisotopic (exact) mass is 371 g/mol. The zero-order valence-corrected chi connectivity index (χ0v) is 14.8. The van der Waals surface area contributed by atoms with Crippen molar-refractivity contribution in [3.05, 3.63) is 36.4 Å². The van der Waals surface area contributed by atoms with E-state index in [4.69, 9.17) is 4.74 Å². The smallest absolute Gasteiger partial charge is 0.437 e. The molecule has 10 heteroatoms. The van der Waals surface area contributed by atoms with Crippen LogP contribution >= 0.6 is 0 Å². The number of carbonyl (C=O) groups is 3. The number of hydrogen-bond donors (Lipinski definition) is 2. The number of ether oxygens (including phenoxy) is 2. The Balaban J connectivity index is 2.51. The molecule has 140 valence electrons. The van der Waals surface area contributed by atoms with E-state index in [9.17, 15) is 14.4 Å². The summed E-state index contributed by atoms with van der Waals surface area (Å²) in [6.45, 7) is 2.54. The molecule has 2 rings (SSSR count). The number of rotatable bonds is 5. The number of aromatic nitrogens is 1. The molecule has 2 aromatic rings. The first kappa shape index (κ1) is 19.5. The second-order valence-electron chi connectivity index (χ2n) is 5.16. The lowest BCUT2D eigenvalue weighted by Gasteiger charge is -2.12. The van der Waals surface area contributed by atoms with E-state index in [0.29, 0.717) is 5.69 Å². The molecule has 10 nitrogen and oxygen atoms in total. The first-order valence-electron chi connectivity index (χ1n) is 7.72. The summed E-state index contributed by atoms with van der Waals surface area (Å²) < 4.78 is 9.45. The zero-order valence-electron chi connectivity index (χ0n) is 14.8. The van der Waals surface area contributed by atoms with Crippen LogP contribution in [-0.4, -0.2) is 30.1 Å². The van der Waals surface area contributed by atoms with Crippen LogP contribution in [0.1, 0.15) is 13.8 Å². The van der Waals surface area contributed by atoms with Gasteiger partial charge in [-0.15, -0.1) is 5.11 Å². The van der Waals surface area contributed by atoms with E-state index in [0.717, 1.165) is 7.11 Å². The van der Waals surface area contributed by atoms with E-state index < -0.39 is 18.0 Å². The lowest BCUT2D eigenvalue weighted by molar-refractivity contribution is -0.115. The number of nitrogens with one attached hydrogen (secondary N) is 2. The molecule has 0 unspecified atom stereocenters. The zero-order chi connectivity index (χ0) is 19.8. The van der Waals surface area contributed by atoms with Gasteiger partial charge in [0.05, 0.1) is 12.8 Å². The normalized spacial score (nSPS) is 10.3. The van der Waals surface area contributed by atoms with E-state index in [1.54, 1.807) is 24.3 Å². The van der Waals surface area contributed by atoms with Gasteiger partial charge >= 0.3 is 6.16 Å². The van der Waals surface area contributed by atoms with Crippen LogP contribution in [0.5, 0.6) is 5.75 Å². The summed E-state index contributed by atoms with van der Waals surface area (Å²) in [4.78, 5) is 38.4. The molecule has 27 heavy (non-hydrogen) atoms. The molecule has 0 fully saturated rings. The summed E-state index contributed by atoms with van der Waals surface area (Å²) in [5.41, 5.74) is 0.676. The van der Waals surface area contributed by atoms with Gasteiger partial charge in [0.25, 0.3) is 0 Å². The molecule has 1 aromatic carbocycles. The van der Waals surface area contributed by atoms with Gasteiger partial charge in [-0.1, -0.05) is 18.2 Å². The van der Waals surface area contributed by atoms with Gasteiger partial charge in [0.15, 0.2) is 17.4 Å². The number of azo groups is 1. The fourth-order valence-electron chi connectivity index (χ4n) is 1.89. The number of benzene rings is 1. The number of amides is 2. The number of hydrogen-bond acceptors (Lipinski definition) is 8. The highest BCUT2D eigenvalue weighted by molar-refractivity contribution is 5.94. The van der Waals surface area contributed by atoms with Crippen LogP contribution in [0.3, 0.4) is 0 Å². The van der Waals surface area contributed by atoms with Gasteiger partial charge in [-0.25, -0.2) is 9.78 Å². The van der Waals surface area contributed by atoms with E-state index in [2.05, 4.69) is 30.6 Å². The Kier molecular flexibility index (Phi) is 6.53. The summed E-state index contributed by atoms with van der Waals surface area (Å²) in [5.74, 6) is -1.04. The van der Waals surface area contributed by atoms with Gasteiger partial charge in [0, 0.05) is 19.9 Å². The van der Waals surface area contributed by atoms with Crippen molar-refractivity contribution >= 4 is 41.0 Å². The van der Waals surface area contributed by atoms with Gasteiger partial charge < -0.3 is 20.1 Å². The Morgan fingerprint density at radius 1 is 0.963 bits per heavy atom. The minimum Gasteiger partial charge on any atom is -0.437 e. The van der Waals surface area contributed by atoms with Crippen molar-refractivity contribution in [2.75, 3.05) is 17.7 Å². The highest BCUT2D eigenvalue weighted by atomic mass is 16.7. The third kappa shape index (κ3) is 5.88. The molecule has 0 bridgehead atoms. The topological polar surface area (TPSA) is 131 Å². The molecule has 1 heterocycles. The Hall–Kier alpha value is -3.82. The number of nitrogens with zero attached hydrogens (tertiary/aromatic N) is 3. The average Bonchev–Trinajstić information content (AvgIpc) is 2.62. The highest BCUT2D eigenvalue weighted by Crippen LogP contribution is 2.35. The molecule has 0 spiro atoms. The molecule has 0 aliphatic rings. The molecule has 0 saturated carbocycles. The van der Waals surface area contributed by atoms with Crippen LogP contribution in [0.4, 0.5) is 27.8 Å². The Morgan fingerprint density at radius 3 is 2.19 bits per heavy atom. The lowest BCUT2D eigenvalue weighted by Crippen LogP contribution is -2.15. The van der Waals surface area contributed by atoms with Crippen LogP contribution < -0.4 is 15.4 Å².